The first-order chi connectivity index (χ1) is 14.7. The molecule has 1 aliphatic heterocycles. The highest BCUT2D eigenvalue weighted by atomic mass is 32.2. The number of amides is 1. The maximum Gasteiger partial charge on any atom is 0.233 e. The SMILES string of the molecule is CN(Cc1ccccc1)C(=O)CSc1nc(CN2CCOCC2)nc2ccccc12. The van der Waals surface area contributed by atoms with Gasteiger partial charge >= 0.3 is 0 Å². The maximum absolute atomic E-state index is 12.7. The number of morpholine rings is 1. The van der Waals surface area contributed by atoms with Gasteiger partial charge in [0.2, 0.25) is 5.91 Å². The minimum absolute atomic E-state index is 0.0845. The third-order valence-electron chi connectivity index (χ3n) is 5.10. The van der Waals surface area contributed by atoms with E-state index in [9.17, 15) is 4.79 Å². The Kier molecular flexibility index (Phi) is 6.94. The van der Waals surface area contributed by atoms with Crippen LogP contribution in [0.3, 0.4) is 0 Å². The first-order valence-corrected chi connectivity index (χ1v) is 11.1. The van der Waals surface area contributed by atoms with E-state index in [1.807, 2.05) is 61.6 Å². The van der Waals surface area contributed by atoms with E-state index in [-0.39, 0.29) is 5.91 Å². The molecule has 0 aliphatic carbocycles. The van der Waals surface area contributed by atoms with Gasteiger partial charge in [0.25, 0.3) is 0 Å². The maximum atomic E-state index is 12.7. The predicted molar refractivity (Wildman–Crippen MR) is 119 cm³/mol. The quantitative estimate of drug-likeness (QED) is 0.430. The molecule has 0 spiro atoms. The van der Waals surface area contributed by atoms with Gasteiger partial charge in [-0.25, -0.2) is 9.97 Å². The summed E-state index contributed by atoms with van der Waals surface area (Å²) in [6.45, 7) is 4.58. The normalized spacial score (nSPS) is 14.7. The molecule has 0 radical (unpaired) electrons. The van der Waals surface area contributed by atoms with E-state index in [1.54, 1.807) is 4.90 Å². The minimum Gasteiger partial charge on any atom is -0.379 e. The molecule has 0 atom stereocenters. The van der Waals surface area contributed by atoms with Crippen molar-refractivity contribution >= 4 is 28.6 Å². The molecule has 0 bridgehead atoms. The van der Waals surface area contributed by atoms with E-state index >= 15 is 0 Å². The summed E-state index contributed by atoms with van der Waals surface area (Å²) < 4.78 is 5.43. The molecule has 1 aliphatic rings. The second-order valence-corrected chi connectivity index (χ2v) is 8.34. The first-order valence-electron chi connectivity index (χ1n) is 10.2. The van der Waals surface area contributed by atoms with Gasteiger partial charge < -0.3 is 9.64 Å². The van der Waals surface area contributed by atoms with Crippen LogP contribution in [0.15, 0.2) is 59.6 Å². The third kappa shape index (κ3) is 5.36. The Bertz CT molecular complexity index is 993. The van der Waals surface area contributed by atoms with Crippen LogP contribution in [0, 0.1) is 0 Å². The number of ether oxygens (including phenoxy) is 1. The lowest BCUT2D eigenvalue weighted by Crippen LogP contribution is -2.36. The molecule has 6 nitrogen and oxygen atoms in total. The van der Waals surface area contributed by atoms with Gasteiger partial charge in [0.15, 0.2) is 0 Å². The standard InChI is InChI=1S/C23H26N4O2S/c1-26(15-18-7-3-2-4-8-18)22(28)17-30-23-19-9-5-6-10-20(19)24-21(25-23)16-27-11-13-29-14-12-27/h2-10H,11-17H2,1H3. The van der Waals surface area contributed by atoms with Gasteiger partial charge in [-0.15, -0.1) is 0 Å². The van der Waals surface area contributed by atoms with Gasteiger partial charge in [-0.3, -0.25) is 9.69 Å². The van der Waals surface area contributed by atoms with E-state index in [4.69, 9.17) is 14.7 Å². The molecule has 0 unspecified atom stereocenters. The van der Waals surface area contributed by atoms with E-state index in [0.717, 1.165) is 53.6 Å². The van der Waals surface area contributed by atoms with Crippen LogP contribution in [0.2, 0.25) is 0 Å². The van der Waals surface area contributed by atoms with Gasteiger partial charge in [0.1, 0.15) is 10.9 Å². The summed E-state index contributed by atoms with van der Waals surface area (Å²) in [5.74, 6) is 1.23. The van der Waals surface area contributed by atoms with E-state index < -0.39 is 0 Å². The van der Waals surface area contributed by atoms with Gasteiger partial charge in [-0.2, -0.15) is 0 Å². The summed E-state index contributed by atoms with van der Waals surface area (Å²) in [4.78, 5) is 26.3. The Morgan fingerprint density at radius 2 is 1.80 bits per heavy atom. The lowest BCUT2D eigenvalue weighted by atomic mass is 10.2. The zero-order valence-electron chi connectivity index (χ0n) is 17.2. The van der Waals surface area contributed by atoms with Crippen molar-refractivity contribution in [3.05, 3.63) is 66.0 Å². The van der Waals surface area contributed by atoms with Crippen LogP contribution in [0.1, 0.15) is 11.4 Å². The highest BCUT2D eigenvalue weighted by molar-refractivity contribution is 8.00. The predicted octanol–water partition coefficient (Wildman–Crippen LogP) is 3.21. The lowest BCUT2D eigenvalue weighted by Gasteiger charge is -2.26. The molecule has 7 heteroatoms. The summed E-state index contributed by atoms with van der Waals surface area (Å²) in [5, 5.41) is 1.86. The van der Waals surface area contributed by atoms with E-state index in [2.05, 4.69) is 4.90 Å². The number of nitrogens with zero attached hydrogens (tertiary/aromatic N) is 4. The Hall–Kier alpha value is -2.48. The number of fused-ring (bicyclic) bond motifs is 1. The van der Waals surface area contributed by atoms with Gasteiger partial charge in [0.05, 0.1) is 31.0 Å². The average Bonchev–Trinajstić information content (AvgIpc) is 2.78. The lowest BCUT2D eigenvalue weighted by molar-refractivity contribution is -0.127. The van der Waals surface area contributed by atoms with Gasteiger partial charge in [-0.1, -0.05) is 60.3 Å². The van der Waals surface area contributed by atoms with Crippen molar-refractivity contribution in [2.24, 2.45) is 0 Å². The number of hydrogen-bond acceptors (Lipinski definition) is 6. The Balaban J connectivity index is 1.46. The summed E-state index contributed by atoms with van der Waals surface area (Å²) in [6.07, 6.45) is 0. The largest absolute Gasteiger partial charge is 0.379 e. The second-order valence-electron chi connectivity index (χ2n) is 7.37. The molecule has 1 saturated heterocycles. The Morgan fingerprint density at radius 1 is 1.07 bits per heavy atom. The van der Waals surface area contributed by atoms with Crippen molar-refractivity contribution in [1.82, 2.24) is 19.8 Å². The third-order valence-corrected chi connectivity index (χ3v) is 6.08. The van der Waals surface area contributed by atoms with Crippen molar-refractivity contribution in [1.29, 1.82) is 0 Å². The number of para-hydroxylation sites is 1. The van der Waals surface area contributed by atoms with Crippen molar-refractivity contribution in [2.45, 2.75) is 18.1 Å². The van der Waals surface area contributed by atoms with Gasteiger partial charge in [0, 0.05) is 32.1 Å². The van der Waals surface area contributed by atoms with Crippen LogP contribution in [-0.4, -0.2) is 64.8 Å². The molecular formula is C23H26N4O2S. The van der Waals surface area contributed by atoms with Crippen molar-refractivity contribution in [3.8, 4) is 0 Å². The number of hydrogen-bond donors (Lipinski definition) is 0. The molecule has 0 N–H and O–H groups in total. The van der Waals surface area contributed by atoms with Crippen LogP contribution >= 0.6 is 11.8 Å². The van der Waals surface area contributed by atoms with Crippen molar-refractivity contribution in [3.63, 3.8) is 0 Å². The fourth-order valence-corrected chi connectivity index (χ4v) is 4.40. The number of rotatable bonds is 7. The first kappa shape index (κ1) is 20.8. The number of thioether (sulfide) groups is 1. The minimum atomic E-state index is 0.0845. The second kappa shape index (κ2) is 10.0. The topological polar surface area (TPSA) is 58.6 Å². The highest BCUT2D eigenvalue weighted by Crippen LogP contribution is 2.26. The molecule has 4 rings (SSSR count). The average molecular weight is 423 g/mol. The molecule has 2 heterocycles. The molecule has 1 aromatic heterocycles. The van der Waals surface area contributed by atoms with Gasteiger partial charge in [-0.05, 0) is 11.6 Å². The molecule has 1 amide bonds. The molecule has 1 fully saturated rings. The van der Waals surface area contributed by atoms with Crippen LogP contribution in [0.25, 0.3) is 10.9 Å². The Labute approximate surface area is 181 Å². The summed E-state index contributed by atoms with van der Waals surface area (Å²) in [5.41, 5.74) is 2.04. The Morgan fingerprint density at radius 3 is 2.60 bits per heavy atom. The molecule has 2 aromatic carbocycles. The number of aromatic nitrogens is 2. The van der Waals surface area contributed by atoms with Crippen LogP contribution < -0.4 is 0 Å². The fraction of sp³-hybridized carbons (Fsp3) is 0.348. The molecular weight excluding hydrogens is 396 g/mol. The van der Waals surface area contributed by atoms with Crippen molar-refractivity contribution in [2.75, 3.05) is 39.1 Å². The fourth-order valence-electron chi connectivity index (χ4n) is 3.42. The number of carbonyl (C=O) groups excluding carboxylic acids is 1. The monoisotopic (exact) mass is 422 g/mol. The van der Waals surface area contributed by atoms with E-state index in [1.165, 1.54) is 11.8 Å². The summed E-state index contributed by atoms with van der Waals surface area (Å²) in [6, 6.07) is 18.0. The van der Waals surface area contributed by atoms with Crippen LogP contribution in [0.5, 0.6) is 0 Å². The van der Waals surface area contributed by atoms with Crippen molar-refractivity contribution < 1.29 is 9.53 Å². The van der Waals surface area contributed by atoms with E-state index in [0.29, 0.717) is 18.8 Å². The molecule has 3 aromatic rings. The smallest absolute Gasteiger partial charge is 0.233 e. The number of benzene rings is 2. The highest BCUT2D eigenvalue weighted by Gasteiger charge is 2.16. The molecule has 156 valence electrons. The molecule has 30 heavy (non-hydrogen) atoms. The molecule has 0 saturated carbocycles. The summed E-state index contributed by atoms with van der Waals surface area (Å²) >= 11 is 1.49. The van der Waals surface area contributed by atoms with Crippen LogP contribution in [-0.2, 0) is 22.6 Å². The zero-order chi connectivity index (χ0) is 20.8. The van der Waals surface area contributed by atoms with Crippen LogP contribution in [0.4, 0.5) is 0 Å². The zero-order valence-corrected chi connectivity index (χ0v) is 18.0. The summed E-state index contributed by atoms with van der Waals surface area (Å²) in [7, 11) is 1.85. The number of carbonyl (C=O) groups is 1.